The molecule has 0 N–H and O–H groups in total. The fourth-order valence-electron chi connectivity index (χ4n) is 4.14. The van der Waals surface area contributed by atoms with Crippen molar-refractivity contribution in [2.24, 2.45) is 0 Å². The van der Waals surface area contributed by atoms with Crippen LogP contribution < -0.4 is 0 Å². The number of halogens is 2. The number of carbonyl (C=O) groups is 1. The lowest BCUT2D eigenvalue weighted by molar-refractivity contribution is 0.0687. The zero-order valence-corrected chi connectivity index (χ0v) is 19.1. The molecule has 5 rings (SSSR count). The lowest BCUT2D eigenvalue weighted by atomic mass is 9.97. The first-order valence-corrected chi connectivity index (χ1v) is 12.0. The molecule has 174 valence electrons. The third kappa shape index (κ3) is 4.33. The number of thioether (sulfide) groups is 1. The van der Waals surface area contributed by atoms with Crippen LogP contribution in [-0.4, -0.2) is 49.8 Å². The van der Waals surface area contributed by atoms with Gasteiger partial charge >= 0.3 is 0 Å². The van der Waals surface area contributed by atoms with E-state index in [4.69, 9.17) is 4.52 Å². The van der Waals surface area contributed by atoms with Gasteiger partial charge in [0.2, 0.25) is 11.7 Å². The van der Waals surface area contributed by atoms with Crippen LogP contribution in [-0.2, 0) is 0 Å². The molecule has 4 aromatic rings. The Kier molecular flexibility index (Phi) is 6.14. The van der Waals surface area contributed by atoms with Crippen molar-refractivity contribution in [2.75, 3.05) is 19.3 Å². The van der Waals surface area contributed by atoms with E-state index in [1.54, 1.807) is 39.9 Å². The highest BCUT2D eigenvalue weighted by atomic mass is 32.2. The smallest absolute Gasteiger partial charge is 0.272 e. The van der Waals surface area contributed by atoms with E-state index >= 15 is 0 Å². The molecular formula is C24H21F2N5O2S. The molecule has 1 fully saturated rings. The van der Waals surface area contributed by atoms with Crippen molar-refractivity contribution in [1.29, 1.82) is 0 Å². The van der Waals surface area contributed by atoms with E-state index in [1.165, 1.54) is 36.0 Å². The second-order valence-electron chi connectivity index (χ2n) is 8.00. The van der Waals surface area contributed by atoms with Crippen molar-refractivity contribution >= 4 is 17.7 Å². The van der Waals surface area contributed by atoms with Gasteiger partial charge < -0.3 is 9.42 Å². The standard InChI is InChI=1S/C24H21F2N5O2S/c1-34-24-27-13-20(31(24)19-9-7-17(25)8-10-19)23(32)30-11-3-5-16(14-30)22-28-21(29-33-22)15-4-2-6-18(26)12-15/h2,4,6-10,12-13,16H,3,5,11,14H2,1H3. The molecule has 2 aromatic carbocycles. The average Bonchev–Trinajstić information content (AvgIpc) is 3.52. The Hall–Kier alpha value is -3.53. The fourth-order valence-corrected chi connectivity index (χ4v) is 4.68. The average molecular weight is 482 g/mol. The molecule has 1 unspecified atom stereocenters. The minimum absolute atomic E-state index is 0.130. The molecule has 0 radical (unpaired) electrons. The van der Waals surface area contributed by atoms with E-state index in [1.807, 2.05) is 6.26 Å². The van der Waals surface area contributed by atoms with Gasteiger partial charge in [-0.15, -0.1) is 0 Å². The van der Waals surface area contributed by atoms with Crippen LogP contribution in [0.2, 0.25) is 0 Å². The minimum atomic E-state index is -0.374. The number of hydrogen-bond donors (Lipinski definition) is 0. The van der Waals surface area contributed by atoms with Crippen molar-refractivity contribution in [2.45, 2.75) is 23.9 Å². The first-order valence-electron chi connectivity index (χ1n) is 10.8. The highest BCUT2D eigenvalue weighted by Crippen LogP contribution is 2.30. The highest BCUT2D eigenvalue weighted by molar-refractivity contribution is 7.98. The Morgan fingerprint density at radius 1 is 1.15 bits per heavy atom. The van der Waals surface area contributed by atoms with E-state index in [9.17, 15) is 13.6 Å². The molecule has 0 saturated carbocycles. The monoisotopic (exact) mass is 481 g/mol. The summed E-state index contributed by atoms with van der Waals surface area (Å²) in [6, 6.07) is 12.0. The number of imidazole rings is 1. The van der Waals surface area contributed by atoms with E-state index in [2.05, 4.69) is 15.1 Å². The number of amides is 1. The SMILES string of the molecule is CSc1ncc(C(=O)N2CCCC(c3nc(-c4cccc(F)c4)no3)C2)n1-c1ccc(F)cc1. The molecule has 10 heteroatoms. The Balaban J connectivity index is 1.38. The predicted molar refractivity (Wildman–Crippen MR) is 123 cm³/mol. The fraction of sp³-hybridized carbons (Fsp3) is 0.250. The summed E-state index contributed by atoms with van der Waals surface area (Å²) in [5.74, 6) is -0.286. The number of nitrogens with zero attached hydrogens (tertiary/aromatic N) is 5. The lowest BCUT2D eigenvalue weighted by Crippen LogP contribution is -2.40. The summed E-state index contributed by atoms with van der Waals surface area (Å²) in [6.07, 6.45) is 4.99. The van der Waals surface area contributed by atoms with Crippen molar-refractivity contribution in [1.82, 2.24) is 24.6 Å². The maximum atomic E-state index is 13.6. The summed E-state index contributed by atoms with van der Waals surface area (Å²) in [5.41, 5.74) is 1.60. The third-order valence-corrected chi connectivity index (χ3v) is 6.45. The largest absolute Gasteiger partial charge is 0.339 e. The van der Waals surface area contributed by atoms with Gasteiger partial charge in [-0.1, -0.05) is 29.1 Å². The number of hydrogen-bond acceptors (Lipinski definition) is 6. The molecule has 3 heterocycles. The maximum Gasteiger partial charge on any atom is 0.272 e. The first-order chi connectivity index (χ1) is 16.5. The molecule has 0 bridgehead atoms. The van der Waals surface area contributed by atoms with Gasteiger partial charge in [0.25, 0.3) is 5.91 Å². The summed E-state index contributed by atoms with van der Waals surface area (Å²) in [5, 5.41) is 4.64. The van der Waals surface area contributed by atoms with Crippen LogP contribution in [0.25, 0.3) is 17.1 Å². The molecule has 2 aromatic heterocycles. The number of carbonyl (C=O) groups excluding carboxylic acids is 1. The summed E-state index contributed by atoms with van der Waals surface area (Å²) in [7, 11) is 0. The van der Waals surface area contributed by atoms with Gasteiger partial charge in [-0.25, -0.2) is 13.8 Å². The van der Waals surface area contributed by atoms with Crippen molar-refractivity contribution in [3.8, 4) is 17.1 Å². The molecule has 1 aliphatic rings. The van der Waals surface area contributed by atoms with Crippen molar-refractivity contribution < 1.29 is 18.1 Å². The van der Waals surface area contributed by atoms with Crippen LogP contribution in [0.15, 0.2) is 64.4 Å². The molecule has 1 atom stereocenters. The molecule has 7 nitrogen and oxygen atoms in total. The molecule has 0 spiro atoms. The summed E-state index contributed by atoms with van der Waals surface area (Å²) >= 11 is 1.41. The second-order valence-corrected chi connectivity index (χ2v) is 8.77. The summed E-state index contributed by atoms with van der Waals surface area (Å²) in [6.45, 7) is 0.996. The van der Waals surface area contributed by atoms with Crippen molar-refractivity contribution in [3.63, 3.8) is 0 Å². The van der Waals surface area contributed by atoms with Gasteiger partial charge in [-0.2, -0.15) is 4.98 Å². The Labute approximate surface area is 198 Å². The number of likely N-dealkylation sites (tertiary alicyclic amines) is 1. The molecular weight excluding hydrogens is 460 g/mol. The number of benzene rings is 2. The van der Waals surface area contributed by atoms with Crippen LogP contribution >= 0.6 is 11.8 Å². The van der Waals surface area contributed by atoms with Crippen LogP contribution in [0.1, 0.15) is 35.1 Å². The first kappa shape index (κ1) is 22.3. The zero-order valence-electron chi connectivity index (χ0n) is 18.3. The molecule has 1 amide bonds. The summed E-state index contributed by atoms with van der Waals surface area (Å²) in [4.78, 5) is 24.1. The van der Waals surface area contributed by atoms with E-state index in [-0.39, 0.29) is 23.5 Å². The van der Waals surface area contributed by atoms with Gasteiger partial charge in [0.1, 0.15) is 17.3 Å². The van der Waals surface area contributed by atoms with E-state index in [0.29, 0.717) is 46.9 Å². The molecule has 1 saturated heterocycles. The quantitative estimate of drug-likeness (QED) is 0.376. The van der Waals surface area contributed by atoms with E-state index in [0.717, 1.165) is 12.8 Å². The second kappa shape index (κ2) is 9.38. The topological polar surface area (TPSA) is 77.1 Å². The normalized spacial score (nSPS) is 16.1. The zero-order chi connectivity index (χ0) is 23.7. The van der Waals surface area contributed by atoms with Gasteiger partial charge in [-0.05, 0) is 55.5 Å². The molecule has 34 heavy (non-hydrogen) atoms. The van der Waals surface area contributed by atoms with Gasteiger partial charge in [-0.3, -0.25) is 9.36 Å². The third-order valence-electron chi connectivity index (χ3n) is 5.80. The number of piperidine rings is 1. The van der Waals surface area contributed by atoms with Crippen LogP contribution in [0.4, 0.5) is 8.78 Å². The molecule has 0 aliphatic carbocycles. The highest BCUT2D eigenvalue weighted by Gasteiger charge is 2.31. The maximum absolute atomic E-state index is 13.6. The van der Waals surface area contributed by atoms with Crippen LogP contribution in [0, 0.1) is 11.6 Å². The number of aromatic nitrogens is 4. The lowest BCUT2D eigenvalue weighted by Gasteiger charge is -2.31. The minimum Gasteiger partial charge on any atom is -0.339 e. The number of rotatable bonds is 5. The van der Waals surface area contributed by atoms with Gasteiger partial charge in [0, 0.05) is 24.3 Å². The van der Waals surface area contributed by atoms with Gasteiger partial charge in [0.15, 0.2) is 5.16 Å². The van der Waals surface area contributed by atoms with Gasteiger partial charge in [0.05, 0.1) is 12.1 Å². The Morgan fingerprint density at radius 2 is 1.97 bits per heavy atom. The van der Waals surface area contributed by atoms with Crippen LogP contribution in [0.5, 0.6) is 0 Å². The van der Waals surface area contributed by atoms with E-state index < -0.39 is 0 Å². The van der Waals surface area contributed by atoms with Crippen molar-refractivity contribution in [3.05, 3.63) is 77.9 Å². The molecule has 1 aliphatic heterocycles. The summed E-state index contributed by atoms with van der Waals surface area (Å²) < 4.78 is 34.2. The van der Waals surface area contributed by atoms with Crippen LogP contribution in [0.3, 0.4) is 0 Å². The Morgan fingerprint density at radius 3 is 2.74 bits per heavy atom. The Bertz CT molecular complexity index is 1320. The predicted octanol–water partition coefficient (Wildman–Crippen LogP) is 4.94.